The van der Waals surface area contributed by atoms with Gasteiger partial charge in [-0.1, -0.05) is 39.3 Å². The minimum absolute atomic E-state index is 0.0271. The summed E-state index contributed by atoms with van der Waals surface area (Å²) in [5.41, 5.74) is -5.89. The van der Waals surface area contributed by atoms with Gasteiger partial charge in [-0.05, 0) is 107 Å². The lowest BCUT2D eigenvalue weighted by molar-refractivity contribution is -0.362. The zero-order chi connectivity index (χ0) is 43.3. The lowest BCUT2D eigenvalue weighted by Crippen LogP contribution is -2.69. The van der Waals surface area contributed by atoms with E-state index in [1.165, 1.54) is 6.92 Å². The summed E-state index contributed by atoms with van der Waals surface area (Å²) in [5, 5.41) is 68.2. The van der Waals surface area contributed by atoms with Crippen LogP contribution in [0.25, 0.3) is 0 Å². The van der Waals surface area contributed by atoms with Gasteiger partial charge in [0.25, 0.3) is 0 Å². The number of cyclic esters (lactones) is 1. The van der Waals surface area contributed by atoms with E-state index in [-0.39, 0.29) is 18.3 Å². The minimum Gasteiger partial charge on any atom is -0.453 e. The van der Waals surface area contributed by atoms with Crippen molar-refractivity contribution < 1.29 is 81.0 Å². The van der Waals surface area contributed by atoms with Gasteiger partial charge in [0, 0.05) is 0 Å². The Morgan fingerprint density at radius 3 is 2.15 bits per heavy atom. The molecule has 0 amide bonds. The van der Waals surface area contributed by atoms with E-state index in [2.05, 4.69) is 25.0 Å². The fraction of sp³-hybridized carbons (Fsp3) is 0.927. The standard InChI is InChI=1S/C41H64O17S/c1-19-27(43)29(45)30(46)32(53-19)55-31-28(44)22(58-59(49,50)51)18-52-33(31)54-25-12-14-37(6)21-17-24(42)41-34(47)57-39(8,26-11-13-35(2,3)56-26)40(41,48)16-15-38(41,7)20(21)9-10-23(37)36(25,4)5/h17,19-20,22-33,42-46,48H,9-16,18H2,1-8H3,(H,49,50,51)/t19-,20-,22-,23?,24?,25+,26?,27-,28+,29+,30-,31-,32+,33+,37-,38+,39+,40+,41?/m1/s1. The van der Waals surface area contributed by atoms with Gasteiger partial charge in [0.05, 0.1) is 30.5 Å². The van der Waals surface area contributed by atoms with Gasteiger partial charge in [-0.3, -0.25) is 9.35 Å². The first-order valence-electron chi connectivity index (χ1n) is 21.2. The number of hydrogen-bond acceptors (Lipinski definition) is 16. The summed E-state index contributed by atoms with van der Waals surface area (Å²) in [6, 6.07) is 0. The third-order valence-corrected chi connectivity index (χ3v) is 17.4. The van der Waals surface area contributed by atoms with Crippen molar-refractivity contribution in [3.63, 3.8) is 0 Å². The zero-order valence-electron chi connectivity index (χ0n) is 35.1. The number of esters is 1. The SMILES string of the molecule is C[C@H]1O[C@@H](O[C@H]2[C@H](O[C@H]3CC[C@]4(C)C5=CC(O)C67C(=O)O[C@@](C)(C8CCC(C)(C)O8)[C@@]6(O)CC[C@@]7(C)[C@@H]5CCC4C3(C)C)OC[C@@H](OS(=O)(=O)O)[C@@H]2O)[C@H](O)[C@@H](O)[C@@H]1O. The van der Waals surface area contributed by atoms with Crippen molar-refractivity contribution in [2.24, 2.45) is 33.5 Å². The molecule has 0 radical (unpaired) electrons. The van der Waals surface area contributed by atoms with Crippen LogP contribution in [-0.2, 0) is 47.8 Å². The lowest BCUT2D eigenvalue weighted by Gasteiger charge is -2.64. The molecule has 4 aliphatic carbocycles. The van der Waals surface area contributed by atoms with Crippen molar-refractivity contribution >= 4 is 16.4 Å². The largest absolute Gasteiger partial charge is 0.453 e. The maximum Gasteiger partial charge on any atom is 0.397 e. The number of fused-ring (bicyclic) bond motifs is 4. The molecule has 17 nitrogen and oxygen atoms in total. The first kappa shape index (κ1) is 44.3. The van der Waals surface area contributed by atoms with Crippen molar-refractivity contribution in [3.05, 3.63) is 11.6 Å². The fourth-order valence-electron chi connectivity index (χ4n) is 13.7. The number of allylic oxidation sites excluding steroid dienone is 1. The van der Waals surface area contributed by atoms with E-state index >= 15 is 0 Å². The molecule has 0 aromatic heterocycles. The van der Waals surface area contributed by atoms with Crippen molar-refractivity contribution in [2.45, 2.75) is 197 Å². The second-order valence-corrected chi connectivity index (χ2v) is 21.7. The van der Waals surface area contributed by atoms with Crippen LogP contribution in [0.1, 0.15) is 107 Å². The first-order chi connectivity index (χ1) is 27.2. The number of rotatable bonds is 7. The average molecular weight is 861 g/mol. The molecule has 7 N–H and O–H groups in total. The summed E-state index contributed by atoms with van der Waals surface area (Å²) in [7, 11) is -5.04. The second-order valence-electron chi connectivity index (χ2n) is 20.7. The molecule has 4 saturated heterocycles. The molecule has 8 aliphatic rings. The van der Waals surface area contributed by atoms with Crippen LogP contribution in [0.15, 0.2) is 11.6 Å². The number of ether oxygens (including phenoxy) is 6. The van der Waals surface area contributed by atoms with Crippen molar-refractivity contribution in [2.75, 3.05) is 6.61 Å². The molecule has 0 bridgehead atoms. The third kappa shape index (κ3) is 6.16. The summed E-state index contributed by atoms with van der Waals surface area (Å²) in [4.78, 5) is 14.5. The Morgan fingerprint density at radius 2 is 1.51 bits per heavy atom. The van der Waals surface area contributed by atoms with Crippen molar-refractivity contribution in [1.82, 2.24) is 0 Å². The molecule has 59 heavy (non-hydrogen) atoms. The molecule has 8 rings (SSSR count). The molecule has 19 atom stereocenters. The molecule has 0 aromatic carbocycles. The Bertz CT molecular complexity index is 1820. The van der Waals surface area contributed by atoms with E-state index < -0.39 is 135 Å². The van der Waals surface area contributed by atoms with Gasteiger partial charge in [-0.25, -0.2) is 4.18 Å². The highest BCUT2D eigenvalue weighted by Gasteiger charge is 2.87. The van der Waals surface area contributed by atoms with Crippen LogP contribution < -0.4 is 0 Å². The molecule has 1 spiro atoms. The van der Waals surface area contributed by atoms with Crippen LogP contribution in [0.5, 0.6) is 0 Å². The quantitative estimate of drug-likeness (QED) is 0.0827. The number of aliphatic hydroxyl groups is 6. The van der Waals surface area contributed by atoms with Gasteiger partial charge < -0.3 is 59.1 Å². The van der Waals surface area contributed by atoms with Crippen LogP contribution >= 0.6 is 0 Å². The van der Waals surface area contributed by atoms with Gasteiger partial charge in [0.1, 0.15) is 53.7 Å². The van der Waals surface area contributed by atoms with Gasteiger partial charge in [-0.15, -0.1) is 0 Å². The smallest absolute Gasteiger partial charge is 0.397 e. The highest BCUT2D eigenvalue weighted by molar-refractivity contribution is 7.80. The number of hydrogen-bond donors (Lipinski definition) is 7. The molecule has 336 valence electrons. The number of carbonyl (C=O) groups is 1. The van der Waals surface area contributed by atoms with Gasteiger partial charge in [-0.2, -0.15) is 8.42 Å². The molecule has 4 heterocycles. The van der Waals surface area contributed by atoms with E-state index in [9.17, 15) is 48.4 Å². The molecule has 0 aromatic rings. The highest BCUT2D eigenvalue weighted by Crippen LogP contribution is 2.77. The highest BCUT2D eigenvalue weighted by atomic mass is 32.3. The maximum absolute atomic E-state index is 14.5. The Hall–Kier alpha value is -1.36. The summed E-state index contributed by atoms with van der Waals surface area (Å²) < 4.78 is 74.3. The predicted octanol–water partition coefficient (Wildman–Crippen LogP) is 1.43. The van der Waals surface area contributed by atoms with Gasteiger partial charge in [0.15, 0.2) is 18.2 Å². The summed E-state index contributed by atoms with van der Waals surface area (Å²) in [6.45, 7) is 15.1. The van der Waals surface area contributed by atoms with Crippen molar-refractivity contribution in [1.29, 1.82) is 0 Å². The summed E-state index contributed by atoms with van der Waals surface area (Å²) in [5.74, 6) is -0.746. The normalized spacial score (nSPS) is 54.1. The lowest BCUT2D eigenvalue weighted by atomic mass is 9.40. The third-order valence-electron chi connectivity index (χ3n) is 16.9. The van der Waals surface area contributed by atoms with Crippen LogP contribution in [0.3, 0.4) is 0 Å². The molecule has 4 unspecified atom stereocenters. The van der Waals surface area contributed by atoms with Crippen LogP contribution in [-0.4, -0.2) is 147 Å². The topological polar surface area (TPSA) is 257 Å². The van der Waals surface area contributed by atoms with Crippen molar-refractivity contribution in [3.8, 4) is 0 Å². The number of aliphatic hydroxyl groups excluding tert-OH is 5. The van der Waals surface area contributed by atoms with E-state index in [4.69, 9.17) is 28.4 Å². The molecule has 3 saturated carbocycles. The molecular weight excluding hydrogens is 797 g/mol. The summed E-state index contributed by atoms with van der Waals surface area (Å²) in [6.07, 6.45) is -9.75. The second kappa shape index (κ2) is 14.1. The minimum atomic E-state index is -5.04. The monoisotopic (exact) mass is 860 g/mol. The Morgan fingerprint density at radius 1 is 0.814 bits per heavy atom. The van der Waals surface area contributed by atoms with E-state index in [0.29, 0.717) is 32.1 Å². The Kier molecular flexibility index (Phi) is 10.6. The first-order valence-corrected chi connectivity index (χ1v) is 22.5. The molecule has 18 heteroatoms. The van der Waals surface area contributed by atoms with E-state index in [1.54, 1.807) is 6.92 Å². The molecule has 7 fully saturated rings. The average Bonchev–Trinajstić information content (AvgIpc) is 3.70. The number of carbonyl (C=O) groups excluding carboxylic acids is 1. The van der Waals surface area contributed by atoms with Gasteiger partial charge >= 0.3 is 16.4 Å². The predicted molar refractivity (Wildman–Crippen MR) is 203 cm³/mol. The Labute approximate surface area is 345 Å². The summed E-state index contributed by atoms with van der Waals surface area (Å²) >= 11 is 0. The van der Waals surface area contributed by atoms with Gasteiger partial charge in [0.2, 0.25) is 0 Å². The molecule has 4 aliphatic heterocycles. The Balaban J connectivity index is 1.07. The van der Waals surface area contributed by atoms with Crippen LogP contribution in [0.4, 0.5) is 0 Å². The van der Waals surface area contributed by atoms with E-state index in [0.717, 1.165) is 18.4 Å². The maximum atomic E-state index is 14.5. The zero-order valence-corrected chi connectivity index (χ0v) is 36.0. The van der Waals surface area contributed by atoms with Crippen LogP contribution in [0.2, 0.25) is 0 Å². The van der Waals surface area contributed by atoms with Crippen LogP contribution in [0, 0.1) is 33.5 Å². The van der Waals surface area contributed by atoms with E-state index in [1.807, 2.05) is 26.8 Å². The molecular formula is C41H64O17S. The fourth-order valence-corrected chi connectivity index (χ4v) is 14.2.